The van der Waals surface area contributed by atoms with E-state index in [2.05, 4.69) is 10.8 Å². The highest BCUT2D eigenvalue weighted by Gasteiger charge is 2.21. The smallest absolute Gasteiger partial charge is 0.293 e. The monoisotopic (exact) mass is 230 g/mol. The lowest BCUT2D eigenvalue weighted by atomic mass is 10.1. The second-order valence-corrected chi connectivity index (χ2v) is 4.15. The maximum absolute atomic E-state index is 11.0. The van der Waals surface area contributed by atoms with Gasteiger partial charge in [-0.1, -0.05) is 5.92 Å². The molecular formula is C13H14N2O2. The molecule has 0 saturated carbocycles. The van der Waals surface area contributed by atoms with Crippen LogP contribution in [0.1, 0.15) is 24.8 Å². The number of hydrogen-bond acceptors (Lipinski definition) is 3. The van der Waals surface area contributed by atoms with Gasteiger partial charge in [0.15, 0.2) is 0 Å². The zero-order chi connectivity index (χ0) is 12.3. The summed E-state index contributed by atoms with van der Waals surface area (Å²) < 4.78 is 0. The predicted molar refractivity (Wildman–Crippen MR) is 67.1 cm³/mol. The number of rotatable bonds is 2. The molecule has 4 nitrogen and oxygen atoms in total. The Morgan fingerprint density at radius 3 is 2.59 bits per heavy atom. The summed E-state index contributed by atoms with van der Waals surface area (Å²) in [5.74, 6) is 2.43. The van der Waals surface area contributed by atoms with E-state index >= 15 is 0 Å². The van der Waals surface area contributed by atoms with Crippen molar-refractivity contribution in [2.45, 2.75) is 19.3 Å². The van der Waals surface area contributed by atoms with Crippen LogP contribution in [-0.4, -0.2) is 18.0 Å². The van der Waals surface area contributed by atoms with Gasteiger partial charge in [0.1, 0.15) is 5.69 Å². The van der Waals surface area contributed by atoms with E-state index in [9.17, 15) is 10.1 Å². The molecule has 0 N–H and O–H groups in total. The van der Waals surface area contributed by atoms with Crippen LogP contribution in [0.15, 0.2) is 18.2 Å². The summed E-state index contributed by atoms with van der Waals surface area (Å²) in [4.78, 5) is 12.8. The molecule has 1 aliphatic rings. The molecule has 0 atom stereocenters. The molecule has 2 rings (SSSR count). The standard InChI is InChI=1S/C13H14N2O2/c1-2-11-6-7-12(13(10-11)15(16)17)14-8-4-3-5-9-14/h1,6-7,10H,3-5,8-9H2. The van der Waals surface area contributed by atoms with Crippen LogP contribution >= 0.6 is 0 Å². The van der Waals surface area contributed by atoms with E-state index in [0.717, 1.165) is 25.9 Å². The van der Waals surface area contributed by atoms with E-state index in [1.807, 2.05) is 0 Å². The van der Waals surface area contributed by atoms with Gasteiger partial charge in [0, 0.05) is 24.7 Å². The van der Waals surface area contributed by atoms with Crippen LogP contribution in [0, 0.1) is 22.5 Å². The predicted octanol–water partition coefficient (Wildman–Crippen LogP) is 2.57. The Kier molecular flexibility index (Phi) is 3.29. The third-order valence-electron chi connectivity index (χ3n) is 3.04. The Balaban J connectivity index is 2.38. The van der Waals surface area contributed by atoms with Crippen molar-refractivity contribution < 1.29 is 4.92 Å². The second-order valence-electron chi connectivity index (χ2n) is 4.15. The Hall–Kier alpha value is -2.02. The third-order valence-corrected chi connectivity index (χ3v) is 3.04. The molecule has 0 radical (unpaired) electrons. The SMILES string of the molecule is C#Cc1ccc(N2CCCCC2)c([N+](=O)[O-])c1. The second kappa shape index (κ2) is 4.88. The summed E-state index contributed by atoms with van der Waals surface area (Å²) in [7, 11) is 0. The quantitative estimate of drug-likeness (QED) is 0.445. The fourth-order valence-electron chi connectivity index (χ4n) is 2.16. The van der Waals surface area contributed by atoms with Crippen molar-refractivity contribution >= 4 is 11.4 Å². The highest BCUT2D eigenvalue weighted by Crippen LogP contribution is 2.30. The average Bonchev–Trinajstić information content (AvgIpc) is 2.39. The summed E-state index contributed by atoms with van der Waals surface area (Å²) >= 11 is 0. The summed E-state index contributed by atoms with van der Waals surface area (Å²) in [5.41, 5.74) is 1.36. The molecule has 0 amide bonds. The van der Waals surface area contributed by atoms with E-state index in [1.165, 1.54) is 12.5 Å². The molecule has 0 bridgehead atoms. The number of anilines is 1. The van der Waals surface area contributed by atoms with E-state index < -0.39 is 0 Å². The van der Waals surface area contributed by atoms with Gasteiger partial charge in [0.25, 0.3) is 5.69 Å². The molecule has 88 valence electrons. The largest absolute Gasteiger partial charge is 0.366 e. The number of benzene rings is 1. The van der Waals surface area contributed by atoms with Gasteiger partial charge in [0.05, 0.1) is 4.92 Å². The molecule has 1 aromatic rings. The molecule has 17 heavy (non-hydrogen) atoms. The van der Waals surface area contributed by atoms with Crippen LogP contribution in [0.25, 0.3) is 0 Å². The van der Waals surface area contributed by atoms with E-state index in [-0.39, 0.29) is 10.6 Å². The van der Waals surface area contributed by atoms with Gasteiger partial charge in [-0.3, -0.25) is 10.1 Å². The lowest BCUT2D eigenvalue weighted by Gasteiger charge is -2.28. The van der Waals surface area contributed by atoms with Gasteiger partial charge in [-0.05, 0) is 31.4 Å². The van der Waals surface area contributed by atoms with Crippen molar-refractivity contribution in [3.8, 4) is 12.3 Å². The number of terminal acetylenes is 1. The first kappa shape index (κ1) is 11.5. The number of hydrogen-bond donors (Lipinski definition) is 0. The maximum Gasteiger partial charge on any atom is 0.293 e. The third kappa shape index (κ3) is 2.39. The Bertz CT molecular complexity index is 471. The van der Waals surface area contributed by atoms with Crippen LogP contribution in [0.5, 0.6) is 0 Å². The highest BCUT2D eigenvalue weighted by molar-refractivity contribution is 5.66. The van der Waals surface area contributed by atoms with Crippen molar-refractivity contribution in [3.63, 3.8) is 0 Å². The molecule has 0 spiro atoms. The van der Waals surface area contributed by atoms with Crippen molar-refractivity contribution in [1.82, 2.24) is 0 Å². The molecule has 0 unspecified atom stereocenters. The van der Waals surface area contributed by atoms with Crippen LogP contribution < -0.4 is 4.90 Å². The zero-order valence-electron chi connectivity index (χ0n) is 9.56. The molecule has 1 aromatic carbocycles. The fraction of sp³-hybridized carbons (Fsp3) is 0.385. The maximum atomic E-state index is 11.0. The fourth-order valence-corrected chi connectivity index (χ4v) is 2.16. The molecular weight excluding hydrogens is 216 g/mol. The Morgan fingerprint density at radius 1 is 1.29 bits per heavy atom. The molecule has 1 fully saturated rings. The first-order chi connectivity index (χ1) is 8.22. The van der Waals surface area contributed by atoms with Gasteiger partial charge in [-0.25, -0.2) is 0 Å². The number of piperidine rings is 1. The number of nitro groups is 1. The van der Waals surface area contributed by atoms with Crippen molar-refractivity contribution in [2.75, 3.05) is 18.0 Å². The molecule has 0 aliphatic carbocycles. The minimum atomic E-state index is -0.356. The Morgan fingerprint density at radius 2 is 2.00 bits per heavy atom. The van der Waals surface area contributed by atoms with Gasteiger partial charge in [-0.15, -0.1) is 6.42 Å². The van der Waals surface area contributed by atoms with Crippen molar-refractivity contribution in [2.24, 2.45) is 0 Å². The van der Waals surface area contributed by atoms with Crippen LogP contribution in [0.2, 0.25) is 0 Å². The summed E-state index contributed by atoms with van der Waals surface area (Å²) in [6.07, 6.45) is 8.64. The molecule has 1 heterocycles. The minimum absolute atomic E-state index is 0.113. The van der Waals surface area contributed by atoms with Crippen molar-refractivity contribution in [3.05, 3.63) is 33.9 Å². The van der Waals surface area contributed by atoms with Gasteiger partial charge in [0.2, 0.25) is 0 Å². The minimum Gasteiger partial charge on any atom is -0.366 e. The van der Waals surface area contributed by atoms with Crippen LogP contribution in [0.4, 0.5) is 11.4 Å². The summed E-state index contributed by atoms with van der Waals surface area (Å²) in [6, 6.07) is 5.00. The molecule has 4 heteroatoms. The van der Waals surface area contributed by atoms with E-state index in [1.54, 1.807) is 12.1 Å². The number of nitro benzene ring substituents is 1. The van der Waals surface area contributed by atoms with Gasteiger partial charge in [-0.2, -0.15) is 0 Å². The van der Waals surface area contributed by atoms with Crippen LogP contribution in [-0.2, 0) is 0 Å². The lowest BCUT2D eigenvalue weighted by molar-refractivity contribution is -0.384. The van der Waals surface area contributed by atoms with E-state index in [4.69, 9.17) is 6.42 Å². The zero-order valence-corrected chi connectivity index (χ0v) is 9.56. The number of nitrogens with zero attached hydrogens (tertiary/aromatic N) is 2. The first-order valence-corrected chi connectivity index (χ1v) is 5.72. The van der Waals surface area contributed by atoms with Crippen molar-refractivity contribution in [1.29, 1.82) is 0 Å². The summed E-state index contributed by atoms with van der Waals surface area (Å²) in [6.45, 7) is 1.77. The normalized spacial score (nSPS) is 15.4. The van der Waals surface area contributed by atoms with E-state index in [0.29, 0.717) is 11.3 Å². The van der Waals surface area contributed by atoms with Gasteiger partial charge < -0.3 is 4.90 Å². The average molecular weight is 230 g/mol. The van der Waals surface area contributed by atoms with Crippen LogP contribution in [0.3, 0.4) is 0 Å². The first-order valence-electron chi connectivity index (χ1n) is 5.72. The lowest BCUT2D eigenvalue weighted by Crippen LogP contribution is -2.29. The highest BCUT2D eigenvalue weighted by atomic mass is 16.6. The topological polar surface area (TPSA) is 46.4 Å². The molecule has 1 aliphatic heterocycles. The van der Waals surface area contributed by atoms with Gasteiger partial charge >= 0.3 is 0 Å². The molecule has 1 saturated heterocycles. The summed E-state index contributed by atoms with van der Waals surface area (Å²) in [5, 5.41) is 11.0. The molecule has 0 aromatic heterocycles. The Labute approximate surface area is 100 Å².